The summed E-state index contributed by atoms with van der Waals surface area (Å²) in [7, 11) is 4.14. The van der Waals surface area contributed by atoms with Crippen LogP contribution in [0.15, 0.2) is 79.0 Å². The maximum absolute atomic E-state index is 9.11. The van der Waals surface area contributed by atoms with Crippen LogP contribution < -0.4 is 10.1 Å². The minimum Gasteiger partial charge on any atom is -0.437 e. The fourth-order valence-electron chi connectivity index (χ4n) is 4.44. The van der Waals surface area contributed by atoms with Crippen molar-refractivity contribution in [1.82, 2.24) is 19.4 Å². The first-order valence-electron chi connectivity index (χ1n) is 12.5. The van der Waals surface area contributed by atoms with Gasteiger partial charge in [-0.1, -0.05) is 36.4 Å². The van der Waals surface area contributed by atoms with Gasteiger partial charge in [-0.05, 0) is 86.6 Å². The maximum Gasteiger partial charge on any atom is 0.249 e. The van der Waals surface area contributed by atoms with Crippen LogP contribution in [0.3, 0.4) is 0 Å². The number of ether oxygens (including phenoxy) is 1. The molecule has 0 spiro atoms. The predicted octanol–water partition coefficient (Wildman–Crippen LogP) is 6.57. The summed E-state index contributed by atoms with van der Waals surface area (Å²) >= 11 is 0. The second-order valence-corrected chi connectivity index (χ2v) is 9.71. The lowest BCUT2D eigenvalue weighted by molar-refractivity contribution is 0.400. The molecule has 0 fully saturated rings. The van der Waals surface area contributed by atoms with E-state index in [-0.39, 0.29) is 0 Å². The van der Waals surface area contributed by atoms with Crippen molar-refractivity contribution in [2.45, 2.75) is 26.9 Å². The monoisotopic (exact) mass is 502 g/mol. The van der Waals surface area contributed by atoms with Crippen LogP contribution in [0.25, 0.3) is 11.0 Å². The van der Waals surface area contributed by atoms with Crippen molar-refractivity contribution < 1.29 is 4.74 Å². The molecule has 2 heterocycles. The second kappa shape index (κ2) is 10.8. The number of anilines is 2. The van der Waals surface area contributed by atoms with E-state index in [1.165, 1.54) is 16.7 Å². The number of fused-ring (bicyclic) bond motifs is 1. The maximum atomic E-state index is 9.11. The van der Waals surface area contributed by atoms with Crippen LogP contribution in [0, 0.1) is 25.2 Å². The van der Waals surface area contributed by atoms with Gasteiger partial charge in [0.05, 0.1) is 17.1 Å². The minimum atomic E-state index is 0.424. The van der Waals surface area contributed by atoms with Gasteiger partial charge in [0.25, 0.3) is 0 Å². The molecular formula is C31H30N6O. The molecule has 5 aromatic rings. The molecule has 190 valence electrons. The first-order chi connectivity index (χ1) is 18.4. The molecule has 38 heavy (non-hydrogen) atoms. The largest absolute Gasteiger partial charge is 0.437 e. The Labute approximate surface area is 223 Å². The van der Waals surface area contributed by atoms with Crippen LogP contribution in [0.2, 0.25) is 0 Å². The number of nitrogens with zero attached hydrogens (tertiary/aromatic N) is 5. The molecule has 3 aromatic carbocycles. The summed E-state index contributed by atoms with van der Waals surface area (Å²) in [4.78, 5) is 11.7. The second-order valence-electron chi connectivity index (χ2n) is 9.71. The van der Waals surface area contributed by atoms with E-state index in [1.54, 1.807) is 12.1 Å². The molecule has 0 saturated heterocycles. The van der Waals surface area contributed by atoms with E-state index in [0.29, 0.717) is 23.9 Å². The number of benzene rings is 3. The molecule has 0 amide bonds. The van der Waals surface area contributed by atoms with E-state index in [9.17, 15) is 0 Å². The third-order valence-corrected chi connectivity index (χ3v) is 6.37. The topological polar surface area (TPSA) is 79.0 Å². The number of hydrogen-bond donors (Lipinski definition) is 1. The molecule has 7 heteroatoms. The summed E-state index contributed by atoms with van der Waals surface area (Å²) < 4.78 is 8.67. The normalized spacial score (nSPS) is 11.1. The van der Waals surface area contributed by atoms with Crippen molar-refractivity contribution in [3.8, 4) is 17.7 Å². The molecule has 0 aliphatic carbocycles. The molecule has 0 aliphatic heterocycles. The highest BCUT2D eigenvalue weighted by atomic mass is 16.5. The van der Waals surface area contributed by atoms with E-state index < -0.39 is 0 Å². The summed E-state index contributed by atoms with van der Waals surface area (Å²) in [5.41, 5.74) is 7.64. The Morgan fingerprint density at radius 1 is 0.947 bits per heavy atom. The van der Waals surface area contributed by atoms with Gasteiger partial charge in [-0.25, -0.2) is 4.98 Å². The summed E-state index contributed by atoms with van der Waals surface area (Å²) in [5, 5.41) is 12.4. The first-order valence-corrected chi connectivity index (χ1v) is 12.5. The Bertz CT molecular complexity index is 1620. The van der Waals surface area contributed by atoms with Gasteiger partial charge >= 0.3 is 0 Å². The zero-order valence-electron chi connectivity index (χ0n) is 22.1. The lowest BCUT2D eigenvalue weighted by Crippen LogP contribution is -2.12. The lowest BCUT2D eigenvalue weighted by Gasteiger charge is -2.17. The first kappa shape index (κ1) is 25.0. The molecule has 1 N–H and O–H groups in total. The van der Waals surface area contributed by atoms with Gasteiger partial charge in [-0.15, -0.1) is 0 Å². The summed E-state index contributed by atoms with van der Waals surface area (Å²) in [6.45, 7) is 5.71. The fraction of sp³-hybridized carbons (Fsp3) is 0.194. The van der Waals surface area contributed by atoms with Crippen LogP contribution >= 0.6 is 0 Å². The molecule has 2 aromatic heterocycles. The van der Waals surface area contributed by atoms with E-state index >= 15 is 0 Å². The molecule has 0 unspecified atom stereocenters. The number of rotatable bonds is 8. The van der Waals surface area contributed by atoms with Crippen molar-refractivity contribution in [3.05, 3.63) is 107 Å². The quantitative estimate of drug-likeness (QED) is 0.259. The highest BCUT2D eigenvalue weighted by Gasteiger charge is 2.17. The average Bonchev–Trinajstić information content (AvgIpc) is 3.30. The molecule has 7 nitrogen and oxygen atoms in total. The Balaban J connectivity index is 1.56. The van der Waals surface area contributed by atoms with Crippen molar-refractivity contribution in [2.75, 3.05) is 19.4 Å². The van der Waals surface area contributed by atoms with Gasteiger partial charge in [-0.3, -0.25) is 0 Å². The van der Waals surface area contributed by atoms with Crippen molar-refractivity contribution >= 4 is 22.7 Å². The van der Waals surface area contributed by atoms with Crippen LogP contribution in [0.1, 0.15) is 27.8 Å². The van der Waals surface area contributed by atoms with Crippen molar-refractivity contribution in [1.29, 1.82) is 5.26 Å². The number of nitriles is 1. The van der Waals surface area contributed by atoms with Gasteiger partial charge in [0.1, 0.15) is 11.3 Å². The molecule has 5 rings (SSSR count). The third kappa shape index (κ3) is 5.51. The number of hydrogen-bond acceptors (Lipinski definition) is 6. The standard InChI is InChI=1S/C31H30N6O/c1-21-17-28(22(2)16-25(21)20-36(3)4)38-30-29-27(14-15-37(29)19-24-8-6-5-7-9-24)34-31(35-30)33-26-12-10-23(18-32)11-13-26/h5-17H,19-20H2,1-4H3,(H,33,34,35). The summed E-state index contributed by atoms with van der Waals surface area (Å²) in [6.07, 6.45) is 2.02. The van der Waals surface area contributed by atoms with Crippen molar-refractivity contribution in [2.24, 2.45) is 0 Å². The molecule has 0 radical (unpaired) electrons. The third-order valence-electron chi connectivity index (χ3n) is 6.37. The Morgan fingerprint density at radius 3 is 2.42 bits per heavy atom. The zero-order valence-corrected chi connectivity index (χ0v) is 22.1. The Morgan fingerprint density at radius 2 is 1.71 bits per heavy atom. The SMILES string of the molecule is Cc1cc(Oc2nc(Nc3ccc(C#N)cc3)nc3ccn(Cc4ccccc4)c23)c(C)cc1CN(C)C. The molecule has 0 bridgehead atoms. The molecule has 0 saturated carbocycles. The van der Waals surface area contributed by atoms with E-state index in [2.05, 4.69) is 73.1 Å². The smallest absolute Gasteiger partial charge is 0.249 e. The van der Waals surface area contributed by atoms with Crippen LogP contribution in [0.5, 0.6) is 11.6 Å². The van der Waals surface area contributed by atoms with Gasteiger partial charge < -0.3 is 19.5 Å². The van der Waals surface area contributed by atoms with Gasteiger partial charge in [0.2, 0.25) is 11.8 Å². The Kier molecular flexibility index (Phi) is 7.07. The van der Waals surface area contributed by atoms with E-state index in [0.717, 1.165) is 34.6 Å². The van der Waals surface area contributed by atoms with E-state index in [4.69, 9.17) is 20.0 Å². The Hall–Kier alpha value is -4.67. The van der Waals surface area contributed by atoms with Crippen LogP contribution in [-0.2, 0) is 13.1 Å². The average molecular weight is 503 g/mol. The van der Waals surface area contributed by atoms with E-state index in [1.807, 2.05) is 42.6 Å². The van der Waals surface area contributed by atoms with Gasteiger partial charge in [0, 0.05) is 25.0 Å². The number of aryl methyl sites for hydroxylation is 2. The van der Waals surface area contributed by atoms with Crippen LogP contribution in [0.4, 0.5) is 11.6 Å². The summed E-state index contributed by atoms with van der Waals surface area (Å²) in [6, 6.07) is 25.9. The summed E-state index contributed by atoms with van der Waals surface area (Å²) in [5.74, 6) is 1.67. The number of aromatic nitrogens is 3. The van der Waals surface area contributed by atoms with Gasteiger partial charge in [0.15, 0.2) is 0 Å². The highest BCUT2D eigenvalue weighted by molar-refractivity contribution is 5.83. The minimum absolute atomic E-state index is 0.424. The van der Waals surface area contributed by atoms with Crippen LogP contribution in [-0.4, -0.2) is 33.5 Å². The molecule has 0 aliphatic rings. The molecule has 0 atom stereocenters. The predicted molar refractivity (Wildman–Crippen MR) is 151 cm³/mol. The zero-order chi connectivity index (χ0) is 26.6. The number of nitrogens with one attached hydrogen (secondary N) is 1. The van der Waals surface area contributed by atoms with Gasteiger partial charge in [-0.2, -0.15) is 10.2 Å². The highest BCUT2D eigenvalue weighted by Crippen LogP contribution is 2.33. The fourth-order valence-corrected chi connectivity index (χ4v) is 4.44. The van der Waals surface area contributed by atoms with Crippen molar-refractivity contribution in [3.63, 3.8) is 0 Å². The lowest BCUT2D eigenvalue weighted by atomic mass is 10.0. The molecular weight excluding hydrogens is 472 g/mol.